The van der Waals surface area contributed by atoms with Gasteiger partial charge in [0.1, 0.15) is 11.6 Å². The SMILES string of the molecule is CNc1cccc(Nc2cc(Cl)ccc2Br)n1. The molecule has 0 atom stereocenters. The lowest BCUT2D eigenvalue weighted by Gasteiger charge is -2.09. The summed E-state index contributed by atoms with van der Waals surface area (Å²) in [6, 6.07) is 11.3. The van der Waals surface area contributed by atoms with Crippen LogP contribution in [0.3, 0.4) is 0 Å². The van der Waals surface area contributed by atoms with Gasteiger partial charge in [-0.05, 0) is 46.3 Å². The number of benzene rings is 1. The van der Waals surface area contributed by atoms with Crippen LogP contribution < -0.4 is 10.6 Å². The standard InChI is InChI=1S/C12H11BrClN3/c1-15-11-3-2-4-12(17-11)16-10-7-8(14)5-6-9(10)13/h2-7H,1H3,(H2,15,16,17). The number of halogens is 2. The third-order valence-electron chi connectivity index (χ3n) is 2.20. The van der Waals surface area contributed by atoms with Crippen molar-refractivity contribution in [1.29, 1.82) is 0 Å². The van der Waals surface area contributed by atoms with E-state index in [2.05, 4.69) is 31.5 Å². The normalized spacial score (nSPS) is 10.1. The van der Waals surface area contributed by atoms with E-state index in [-0.39, 0.29) is 0 Å². The van der Waals surface area contributed by atoms with Crippen LogP contribution in [0.5, 0.6) is 0 Å². The molecular weight excluding hydrogens is 302 g/mol. The lowest BCUT2D eigenvalue weighted by Crippen LogP contribution is -1.97. The van der Waals surface area contributed by atoms with Crippen LogP contribution in [-0.2, 0) is 0 Å². The maximum Gasteiger partial charge on any atom is 0.132 e. The van der Waals surface area contributed by atoms with Gasteiger partial charge in [-0.1, -0.05) is 17.7 Å². The van der Waals surface area contributed by atoms with Crippen molar-refractivity contribution < 1.29 is 0 Å². The van der Waals surface area contributed by atoms with Gasteiger partial charge in [0.15, 0.2) is 0 Å². The Morgan fingerprint density at radius 1 is 1.18 bits per heavy atom. The van der Waals surface area contributed by atoms with E-state index in [1.54, 1.807) is 0 Å². The topological polar surface area (TPSA) is 37.0 Å². The van der Waals surface area contributed by atoms with Crippen molar-refractivity contribution in [2.45, 2.75) is 0 Å². The second-order valence-corrected chi connectivity index (χ2v) is 4.70. The minimum absolute atomic E-state index is 0.681. The maximum absolute atomic E-state index is 5.95. The average Bonchev–Trinajstić information content (AvgIpc) is 2.34. The lowest BCUT2D eigenvalue weighted by molar-refractivity contribution is 1.27. The molecule has 3 nitrogen and oxygen atoms in total. The minimum Gasteiger partial charge on any atom is -0.373 e. The lowest BCUT2D eigenvalue weighted by atomic mass is 10.3. The van der Waals surface area contributed by atoms with Crippen LogP contribution in [0.15, 0.2) is 40.9 Å². The van der Waals surface area contributed by atoms with Gasteiger partial charge in [0, 0.05) is 16.5 Å². The molecule has 1 aromatic heterocycles. The fourth-order valence-corrected chi connectivity index (χ4v) is 1.89. The third-order valence-corrected chi connectivity index (χ3v) is 3.12. The molecule has 0 spiro atoms. The van der Waals surface area contributed by atoms with E-state index in [1.807, 2.05) is 43.4 Å². The molecule has 0 unspecified atom stereocenters. The predicted molar refractivity (Wildman–Crippen MR) is 76.2 cm³/mol. The zero-order chi connectivity index (χ0) is 12.3. The monoisotopic (exact) mass is 311 g/mol. The summed E-state index contributed by atoms with van der Waals surface area (Å²) in [6.07, 6.45) is 0. The number of hydrogen-bond acceptors (Lipinski definition) is 3. The van der Waals surface area contributed by atoms with Gasteiger partial charge in [-0.3, -0.25) is 0 Å². The van der Waals surface area contributed by atoms with E-state index in [0.717, 1.165) is 21.8 Å². The van der Waals surface area contributed by atoms with Crippen molar-refractivity contribution in [2.75, 3.05) is 17.7 Å². The number of hydrogen-bond donors (Lipinski definition) is 2. The molecule has 88 valence electrons. The number of rotatable bonds is 3. The molecular formula is C12H11BrClN3. The molecule has 0 saturated heterocycles. The van der Waals surface area contributed by atoms with Crippen LogP contribution in [0.4, 0.5) is 17.3 Å². The summed E-state index contributed by atoms with van der Waals surface area (Å²) in [5.41, 5.74) is 0.887. The van der Waals surface area contributed by atoms with Gasteiger partial charge in [-0.25, -0.2) is 4.98 Å². The molecule has 2 aromatic rings. The van der Waals surface area contributed by atoms with Crippen LogP contribution in [-0.4, -0.2) is 12.0 Å². The molecule has 0 fully saturated rings. The van der Waals surface area contributed by atoms with Gasteiger partial charge in [-0.2, -0.15) is 0 Å². The highest BCUT2D eigenvalue weighted by molar-refractivity contribution is 9.10. The molecule has 0 aliphatic rings. The second-order valence-electron chi connectivity index (χ2n) is 3.41. The molecule has 1 heterocycles. The fraction of sp³-hybridized carbons (Fsp3) is 0.0833. The van der Waals surface area contributed by atoms with Gasteiger partial charge < -0.3 is 10.6 Å². The molecule has 0 aliphatic carbocycles. The molecule has 0 saturated carbocycles. The van der Waals surface area contributed by atoms with Crippen LogP contribution in [0.25, 0.3) is 0 Å². The molecule has 0 aliphatic heterocycles. The summed E-state index contributed by atoms with van der Waals surface area (Å²) in [4.78, 5) is 4.37. The number of nitrogens with zero attached hydrogens (tertiary/aromatic N) is 1. The molecule has 1 aromatic carbocycles. The number of aromatic nitrogens is 1. The van der Waals surface area contributed by atoms with Crippen LogP contribution in [0, 0.1) is 0 Å². The van der Waals surface area contributed by atoms with Gasteiger partial charge in [-0.15, -0.1) is 0 Å². The molecule has 0 bridgehead atoms. The van der Waals surface area contributed by atoms with Gasteiger partial charge in [0.25, 0.3) is 0 Å². The zero-order valence-electron chi connectivity index (χ0n) is 9.17. The molecule has 2 rings (SSSR count). The van der Waals surface area contributed by atoms with Crippen molar-refractivity contribution in [3.8, 4) is 0 Å². The summed E-state index contributed by atoms with van der Waals surface area (Å²) in [5.74, 6) is 1.58. The van der Waals surface area contributed by atoms with Gasteiger partial charge >= 0.3 is 0 Å². The molecule has 5 heteroatoms. The zero-order valence-corrected chi connectivity index (χ0v) is 11.5. The Bertz CT molecular complexity index is 531. The van der Waals surface area contributed by atoms with Crippen molar-refractivity contribution in [3.05, 3.63) is 45.9 Å². The summed E-state index contributed by atoms with van der Waals surface area (Å²) in [6.45, 7) is 0. The van der Waals surface area contributed by atoms with Crippen LogP contribution in [0.2, 0.25) is 5.02 Å². The van der Waals surface area contributed by atoms with Crippen molar-refractivity contribution in [2.24, 2.45) is 0 Å². The third kappa shape index (κ3) is 3.11. The highest BCUT2D eigenvalue weighted by Gasteiger charge is 2.02. The highest BCUT2D eigenvalue weighted by Crippen LogP contribution is 2.28. The van der Waals surface area contributed by atoms with E-state index < -0.39 is 0 Å². The molecule has 0 radical (unpaired) electrons. The first-order valence-electron chi connectivity index (χ1n) is 5.06. The Kier molecular flexibility index (Phi) is 3.86. The fourth-order valence-electron chi connectivity index (χ4n) is 1.37. The Balaban J connectivity index is 2.27. The minimum atomic E-state index is 0.681. The van der Waals surface area contributed by atoms with E-state index in [1.165, 1.54) is 0 Å². The number of pyridine rings is 1. The van der Waals surface area contributed by atoms with Gasteiger partial charge in [0.2, 0.25) is 0 Å². The molecule has 0 amide bonds. The Labute approximate surface area is 113 Å². The summed E-state index contributed by atoms with van der Waals surface area (Å²) >= 11 is 9.41. The largest absolute Gasteiger partial charge is 0.373 e. The van der Waals surface area contributed by atoms with E-state index >= 15 is 0 Å². The van der Waals surface area contributed by atoms with Crippen LogP contribution in [0.1, 0.15) is 0 Å². The Morgan fingerprint density at radius 3 is 2.71 bits per heavy atom. The highest BCUT2D eigenvalue weighted by atomic mass is 79.9. The van der Waals surface area contributed by atoms with E-state index in [4.69, 9.17) is 11.6 Å². The summed E-state index contributed by atoms with van der Waals surface area (Å²) in [7, 11) is 1.83. The summed E-state index contributed by atoms with van der Waals surface area (Å²) < 4.78 is 0.943. The summed E-state index contributed by atoms with van der Waals surface area (Å²) in [5, 5.41) is 6.88. The smallest absolute Gasteiger partial charge is 0.132 e. The first kappa shape index (κ1) is 12.2. The van der Waals surface area contributed by atoms with Gasteiger partial charge in [0.05, 0.1) is 5.69 Å². The predicted octanol–water partition coefficient (Wildman–Crippen LogP) is 4.28. The molecule has 17 heavy (non-hydrogen) atoms. The van der Waals surface area contributed by atoms with E-state index in [9.17, 15) is 0 Å². The van der Waals surface area contributed by atoms with Crippen LogP contribution >= 0.6 is 27.5 Å². The maximum atomic E-state index is 5.95. The first-order valence-corrected chi connectivity index (χ1v) is 6.23. The van der Waals surface area contributed by atoms with Crippen molar-refractivity contribution >= 4 is 44.9 Å². The van der Waals surface area contributed by atoms with Crippen molar-refractivity contribution in [1.82, 2.24) is 4.98 Å². The quantitative estimate of drug-likeness (QED) is 0.888. The number of anilines is 3. The average molecular weight is 313 g/mol. The number of nitrogens with one attached hydrogen (secondary N) is 2. The Hall–Kier alpha value is -1.26. The first-order chi connectivity index (χ1) is 8.19. The van der Waals surface area contributed by atoms with Crippen molar-refractivity contribution in [3.63, 3.8) is 0 Å². The second kappa shape index (κ2) is 5.38. The van der Waals surface area contributed by atoms with E-state index in [0.29, 0.717) is 5.02 Å². The Morgan fingerprint density at radius 2 is 1.94 bits per heavy atom. The molecule has 2 N–H and O–H groups in total.